The SMILES string of the molecule is CCC(C)n1ccc(CNCC2CCCC2O)n1. The van der Waals surface area contributed by atoms with Gasteiger partial charge in [-0.2, -0.15) is 5.10 Å². The van der Waals surface area contributed by atoms with Gasteiger partial charge < -0.3 is 10.4 Å². The molecule has 0 bridgehead atoms. The molecule has 1 fully saturated rings. The quantitative estimate of drug-likeness (QED) is 0.814. The Labute approximate surface area is 109 Å². The Morgan fingerprint density at radius 2 is 2.39 bits per heavy atom. The monoisotopic (exact) mass is 251 g/mol. The average molecular weight is 251 g/mol. The summed E-state index contributed by atoms with van der Waals surface area (Å²) in [6.07, 6.45) is 6.33. The van der Waals surface area contributed by atoms with Gasteiger partial charge in [0.2, 0.25) is 0 Å². The Hall–Kier alpha value is -0.870. The summed E-state index contributed by atoms with van der Waals surface area (Å²) in [6, 6.07) is 2.54. The van der Waals surface area contributed by atoms with Crippen LogP contribution in [0.1, 0.15) is 51.3 Å². The minimum absolute atomic E-state index is 0.102. The van der Waals surface area contributed by atoms with E-state index in [1.165, 1.54) is 0 Å². The standard InChI is InChI=1S/C14H25N3O/c1-3-11(2)17-8-7-13(16-17)10-15-9-12-5-4-6-14(12)18/h7-8,11-12,14-15,18H,3-6,9-10H2,1-2H3. The van der Waals surface area contributed by atoms with E-state index >= 15 is 0 Å². The summed E-state index contributed by atoms with van der Waals surface area (Å²) in [5.74, 6) is 0.432. The van der Waals surface area contributed by atoms with Crippen LogP contribution in [0.4, 0.5) is 0 Å². The van der Waals surface area contributed by atoms with Crippen LogP contribution < -0.4 is 5.32 Å². The molecule has 1 aliphatic carbocycles. The topological polar surface area (TPSA) is 50.1 Å². The van der Waals surface area contributed by atoms with Crippen LogP contribution in [0, 0.1) is 5.92 Å². The first-order valence-corrected chi connectivity index (χ1v) is 7.13. The predicted octanol–water partition coefficient (Wildman–Crippen LogP) is 2.10. The van der Waals surface area contributed by atoms with E-state index in [9.17, 15) is 5.11 Å². The first kappa shape index (κ1) is 13.6. The van der Waals surface area contributed by atoms with Gasteiger partial charge >= 0.3 is 0 Å². The van der Waals surface area contributed by atoms with Gasteiger partial charge in [-0.3, -0.25) is 4.68 Å². The number of aliphatic hydroxyl groups is 1. The minimum atomic E-state index is -0.102. The van der Waals surface area contributed by atoms with Crippen LogP contribution in [0.15, 0.2) is 12.3 Å². The summed E-state index contributed by atoms with van der Waals surface area (Å²) in [5.41, 5.74) is 1.09. The number of nitrogens with zero attached hydrogens (tertiary/aromatic N) is 2. The van der Waals surface area contributed by atoms with Crippen molar-refractivity contribution in [2.24, 2.45) is 5.92 Å². The maximum absolute atomic E-state index is 9.74. The van der Waals surface area contributed by atoms with E-state index in [0.717, 1.165) is 44.5 Å². The van der Waals surface area contributed by atoms with Crippen molar-refractivity contribution < 1.29 is 5.11 Å². The van der Waals surface area contributed by atoms with Gasteiger partial charge in [-0.25, -0.2) is 0 Å². The molecule has 1 aliphatic rings. The molecule has 0 aromatic carbocycles. The Morgan fingerprint density at radius 3 is 3.06 bits per heavy atom. The number of aromatic nitrogens is 2. The molecule has 1 aromatic heterocycles. The predicted molar refractivity (Wildman–Crippen MR) is 72.3 cm³/mol. The lowest BCUT2D eigenvalue weighted by Crippen LogP contribution is -2.27. The van der Waals surface area contributed by atoms with Crippen LogP contribution in [0.2, 0.25) is 0 Å². The minimum Gasteiger partial charge on any atom is -0.393 e. The second kappa shape index (κ2) is 6.34. The molecular formula is C14H25N3O. The average Bonchev–Trinajstić information content (AvgIpc) is 2.99. The van der Waals surface area contributed by atoms with Gasteiger partial charge in [-0.1, -0.05) is 13.3 Å². The van der Waals surface area contributed by atoms with Gasteiger partial charge in [0.05, 0.1) is 11.8 Å². The molecular weight excluding hydrogens is 226 g/mol. The third-order valence-corrected chi connectivity index (χ3v) is 4.04. The van der Waals surface area contributed by atoms with Gasteiger partial charge in [-0.15, -0.1) is 0 Å². The van der Waals surface area contributed by atoms with Gasteiger partial charge in [-0.05, 0) is 38.2 Å². The molecule has 2 rings (SSSR count). The maximum atomic E-state index is 9.74. The lowest BCUT2D eigenvalue weighted by atomic mass is 10.1. The normalized spacial score (nSPS) is 25.5. The van der Waals surface area contributed by atoms with Crippen LogP contribution in [0.5, 0.6) is 0 Å². The molecule has 4 nitrogen and oxygen atoms in total. The maximum Gasteiger partial charge on any atom is 0.0762 e. The van der Waals surface area contributed by atoms with E-state index in [2.05, 4.69) is 36.5 Å². The van der Waals surface area contributed by atoms with Crippen molar-refractivity contribution >= 4 is 0 Å². The molecule has 4 heteroatoms. The summed E-state index contributed by atoms with van der Waals surface area (Å²) >= 11 is 0. The van der Waals surface area contributed by atoms with Crippen molar-refractivity contribution in [1.29, 1.82) is 0 Å². The van der Waals surface area contributed by atoms with Gasteiger partial charge in [0.15, 0.2) is 0 Å². The molecule has 2 N–H and O–H groups in total. The highest BCUT2D eigenvalue weighted by atomic mass is 16.3. The fourth-order valence-electron chi connectivity index (χ4n) is 2.55. The zero-order chi connectivity index (χ0) is 13.0. The van der Waals surface area contributed by atoms with E-state index in [0.29, 0.717) is 12.0 Å². The van der Waals surface area contributed by atoms with Crippen LogP contribution in [0.25, 0.3) is 0 Å². The van der Waals surface area contributed by atoms with Crippen molar-refractivity contribution in [1.82, 2.24) is 15.1 Å². The molecule has 1 aromatic rings. The van der Waals surface area contributed by atoms with Crippen LogP contribution >= 0.6 is 0 Å². The Balaban J connectivity index is 1.74. The highest BCUT2D eigenvalue weighted by molar-refractivity contribution is 4.99. The molecule has 1 heterocycles. The molecule has 0 radical (unpaired) electrons. The Kier molecular flexibility index (Phi) is 4.78. The largest absolute Gasteiger partial charge is 0.393 e. The lowest BCUT2D eigenvalue weighted by molar-refractivity contribution is 0.131. The van der Waals surface area contributed by atoms with E-state index in [1.807, 2.05) is 4.68 Å². The molecule has 3 atom stereocenters. The van der Waals surface area contributed by atoms with Gasteiger partial charge in [0.25, 0.3) is 0 Å². The smallest absolute Gasteiger partial charge is 0.0762 e. The fraction of sp³-hybridized carbons (Fsp3) is 0.786. The van der Waals surface area contributed by atoms with E-state index < -0.39 is 0 Å². The van der Waals surface area contributed by atoms with E-state index in [4.69, 9.17) is 0 Å². The van der Waals surface area contributed by atoms with Crippen LogP contribution in [-0.2, 0) is 6.54 Å². The van der Waals surface area contributed by atoms with Crippen molar-refractivity contribution in [3.05, 3.63) is 18.0 Å². The van der Waals surface area contributed by atoms with Crippen LogP contribution in [0.3, 0.4) is 0 Å². The lowest BCUT2D eigenvalue weighted by Gasteiger charge is -2.14. The van der Waals surface area contributed by atoms with Crippen molar-refractivity contribution in [3.63, 3.8) is 0 Å². The highest BCUT2D eigenvalue weighted by Gasteiger charge is 2.24. The molecule has 18 heavy (non-hydrogen) atoms. The van der Waals surface area contributed by atoms with E-state index in [1.54, 1.807) is 0 Å². The number of hydrogen-bond acceptors (Lipinski definition) is 3. The molecule has 0 spiro atoms. The summed E-state index contributed by atoms with van der Waals surface area (Å²) in [5, 5.41) is 17.7. The molecule has 0 saturated heterocycles. The first-order chi connectivity index (χ1) is 8.70. The molecule has 0 amide bonds. The molecule has 0 aliphatic heterocycles. The zero-order valence-corrected chi connectivity index (χ0v) is 11.5. The summed E-state index contributed by atoms with van der Waals surface area (Å²) in [6.45, 7) is 6.05. The third-order valence-electron chi connectivity index (χ3n) is 4.04. The Morgan fingerprint density at radius 1 is 1.56 bits per heavy atom. The number of hydrogen-bond donors (Lipinski definition) is 2. The summed E-state index contributed by atoms with van der Waals surface area (Å²) in [4.78, 5) is 0. The molecule has 3 unspecified atom stereocenters. The van der Waals surface area contributed by atoms with Gasteiger partial charge in [0.1, 0.15) is 0 Å². The second-order valence-corrected chi connectivity index (χ2v) is 5.43. The van der Waals surface area contributed by atoms with Crippen molar-refractivity contribution in [2.45, 2.75) is 58.2 Å². The fourth-order valence-corrected chi connectivity index (χ4v) is 2.55. The number of aliphatic hydroxyl groups excluding tert-OH is 1. The summed E-state index contributed by atoms with van der Waals surface area (Å²) < 4.78 is 2.03. The van der Waals surface area contributed by atoms with Crippen molar-refractivity contribution in [3.8, 4) is 0 Å². The second-order valence-electron chi connectivity index (χ2n) is 5.43. The Bertz CT molecular complexity index is 364. The first-order valence-electron chi connectivity index (χ1n) is 7.13. The number of rotatable bonds is 6. The summed E-state index contributed by atoms with van der Waals surface area (Å²) in [7, 11) is 0. The molecule has 102 valence electrons. The van der Waals surface area contributed by atoms with Crippen molar-refractivity contribution in [2.75, 3.05) is 6.54 Å². The van der Waals surface area contributed by atoms with Gasteiger partial charge in [0, 0.05) is 25.3 Å². The third kappa shape index (κ3) is 3.33. The highest BCUT2D eigenvalue weighted by Crippen LogP contribution is 2.24. The zero-order valence-electron chi connectivity index (χ0n) is 11.5. The van der Waals surface area contributed by atoms with E-state index in [-0.39, 0.29) is 6.10 Å². The molecule has 1 saturated carbocycles. The van der Waals surface area contributed by atoms with Crippen LogP contribution in [-0.4, -0.2) is 27.5 Å². The number of nitrogens with one attached hydrogen (secondary N) is 1.